The molecular weight excluding hydrogens is 497 g/mol. The maximum Gasteiger partial charge on any atom is 0.323 e. The highest BCUT2D eigenvalue weighted by atomic mass is 31.2. The standard InChI is InChI=1S/C26H32N3O7P/c1-20(26(32)33-17-21-9-5-3-6-10-21)28-37(36-22-11-7-4-8-12-22)34-18-23-13-14-25(35-23)29(2)16-15-24(31)27-19-30/h3-12,15-16,19-20,23,25,28H,13-14,17-18H2,1-2H3,(H,27,30,31)/b16-15-. The summed E-state index contributed by atoms with van der Waals surface area (Å²) in [6.07, 6.45) is 4.19. The molecule has 4 atom stereocenters. The molecule has 0 aliphatic carbocycles. The molecule has 1 aliphatic rings. The van der Waals surface area contributed by atoms with Crippen LogP contribution in [0.3, 0.4) is 0 Å². The Bertz CT molecular complexity index is 1030. The van der Waals surface area contributed by atoms with Crippen LogP contribution in [-0.2, 0) is 35.0 Å². The summed E-state index contributed by atoms with van der Waals surface area (Å²) in [6, 6.07) is 18.0. The van der Waals surface area contributed by atoms with E-state index in [1.807, 2.05) is 66.0 Å². The van der Waals surface area contributed by atoms with Gasteiger partial charge in [-0.25, -0.2) is 5.09 Å². The minimum atomic E-state index is -1.68. The number of rotatable bonds is 14. The Hall–Kier alpha value is -3.30. The predicted octanol–water partition coefficient (Wildman–Crippen LogP) is 3.25. The average molecular weight is 530 g/mol. The van der Waals surface area contributed by atoms with E-state index in [1.165, 1.54) is 6.08 Å². The zero-order valence-electron chi connectivity index (χ0n) is 20.8. The third kappa shape index (κ3) is 9.93. The van der Waals surface area contributed by atoms with Crippen molar-refractivity contribution < 1.29 is 32.9 Å². The van der Waals surface area contributed by atoms with Crippen LogP contribution in [-0.4, -0.2) is 55.2 Å². The van der Waals surface area contributed by atoms with Crippen LogP contribution < -0.4 is 14.9 Å². The summed E-state index contributed by atoms with van der Waals surface area (Å²) in [4.78, 5) is 36.1. The second-order valence-corrected chi connectivity index (χ2v) is 9.51. The monoisotopic (exact) mass is 529 g/mol. The zero-order chi connectivity index (χ0) is 26.5. The third-order valence-corrected chi connectivity index (χ3v) is 6.75. The highest BCUT2D eigenvalue weighted by molar-refractivity contribution is 7.45. The van der Waals surface area contributed by atoms with Gasteiger partial charge in [0.05, 0.1) is 12.7 Å². The molecule has 1 saturated heterocycles. The molecule has 4 unspecified atom stereocenters. The number of amides is 2. The van der Waals surface area contributed by atoms with Crippen LogP contribution in [0.15, 0.2) is 72.9 Å². The van der Waals surface area contributed by atoms with Gasteiger partial charge in [0.1, 0.15) is 24.6 Å². The lowest BCUT2D eigenvalue weighted by Crippen LogP contribution is -2.34. The first-order chi connectivity index (χ1) is 17.9. The van der Waals surface area contributed by atoms with Gasteiger partial charge >= 0.3 is 14.5 Å². The summed E-state index contributed by atoms with van der Waals surface area (Å²) in [5.74, 6) is -0.318. The van der Waals surface area contributed by atoms with Crippen molar-refractivity contribution in [1.29, 1.82) is 0 Å². The Balaban J connectivity index is 1.51. The van der Waals surface area contributed by atoms with Crippen LogP contribution in [0.5, 0.6) is 5.75 Å². The van der Waals surface area contributed by atoms with Crippen molar-refractivity contribution in [3.63, 3.8) is 0 Å². The second kappa shape index (κ2) is 15.1. The smallest absolute Gasteiger partial charge is 0.323 e. The Kier molecular flexibility index (Phi) is 11.5. The highest BCUT2D eigenvalue weighted by Gasteiger charge is 2.30. The van der Waals surface area contributed by atoms with Crippen molar-refractivity contribution in [3.05, 3.63) is 78.5 Å². The van der Waals surface area contributed by atoms with Crippen LogP contribution in [0.1, 0.15) is 25.3 Å². The number of carbonyl (C=O) groups excluding carboxylic acids is 3. The number of para-hydroxylation sites is 1. The number of ether oxygens (including phenoxy) is 2. The largest absolute Gasteiger partial charge is 0.460 e. The lowest BCUT2D eigenvalue weighted by molar-refractivity contribution is -0.146. The van der Waals surface area contributed by atoms with E-state index in [0.29, 0.717) is 12.2 Å². The van der Waals surface area contributed by atoms with Crippen LogP contribution >= 0.6 is 8.53 Å². The van der Waals surface area contributed by atoms with Gasteiger partial charge < -0.3 is 23.4 Å². The molecule has 0 radical (unpaired) electrons. The fraction of sp³-hybridized carbons (Fsp3) is 0.346. The molecule has 0 aromatic heterocycles. The molecule has 11 heteroatoms. The van der Waals surface area contributed by atoms with Crippen LogP contribution in [0.25, 0.3) is 0 Å². The van der Waals surface area contributed by atoms with E-state index >= 15 is 0 Å². The minimum Gasteiger partial charge on any atom is -0.460 e. The van der Waals surface area contributed by atoms with E-state index in [2.05, 4.69) is 5.09 Å². The quantitative estimate of drug-likeness (QED) is 0.165. The van der Waals surface area contributed by atoms with E-state index in [0.717, 1.165) is 18.4 Å². The molecule has 198 valence electrons. The molecule has 1 heterocycles. The number of hydrogen-bond acceptors (Lipinski definition) is 9. The molecule has 3 rings (SSSR count). The molecule has 0 spiro atoms. The van der Waals surface area contributed by atoms with E-state index in [1.54, 1.807) is 25.1 Å². The molecule has 10 nitrogen and oxygen atoms in total. The Morgan fingerprint density at radius 1 is 1.14 bits per heavy atom. The number of imide groups is 1. The Morgan fingerprint density at radius 2 is 1.84 bits per heavy atom. The SMILES string of the molecule is CC(NP(OCC1CCC(N(C)/C=C\C(=O)NC=O)O1)Oc1ccccc1)C(=O)OCc1ccccc1. The fourth-order valence-corrected chi connectivity index (χ4v) is 4.60. The van der Waals surface area contributed by atoms with Gasteiger partial charge in [0.2, 0.25) is 6.41 Å². The molecular formula is C26H32N3O7P. The summed E-state index contributed by atoms with van der Waals surface area (Å²) in [5, 5.41) is 5.15. The lowest BCUT2D eigenvalue weighted by Gasteiger charge is -2.25. The van der Waals surface area contributed by atoms with Crippen molar-refractivity contribution in [3.8, 4) is 5.75 Å². The molecule has 2 aromatic carbocycles. The first kappa shape index (κ1) is 28.3. The number of esters is 1. The van der Waals surface area contributed by atoms with Crippen LogP contribution in [0.4, 0.5) is 0 Å². The number of nitrogens with zero attached hydrogens (tertiary/aromatic N) is 1. The summed E-state index contributed by atoms with van der Waals surface area (Å²) in [6.45, 7) is 2.13. The normalized spacial score (nSPS) is 18.6. The van der Waals surface area contributed by atoms with Gasteiger partial charge in [0, 0.05) is 19.3 Å². The maximum atomic E-state index is 12.6. The van der Waals surface area contributed by atoms with Gasteiger partial charge in [-0.3, -0.25) is 19.7 Å². The molecule has 2 N–H and O–H groups in total. The van der Waals surface area contributed by atoms with Gasteiger partial charge in [-0.15, -0.1) is 0 Å². The second-order valence-electron chi connectivity index (χ2n) is 8.30. The molecule has 0 bridgehead atoms. The van der Waals surface area contributed by atoms with Crippen molar-refractivity contribution in [2.75, 3.05) is 13.7 Å². The number of hydrogen-bond donors (Lipinski definition) is 2. The summed E-state index contributed by atoms with van der Waals surface area (Å²) >= 11 is 0. The van der Waals surface area contributed by atoms with Gasteiger partial charge in [-0.2, -0.15) is 0 Å². The number of nitrogens with one attached hydrogen (secondary N) is 2. The van der Waals surface area contributed by atoms with Crippen molar-refractivity contribution in [1.82, 2.24) is 15.3 Å². The minimum absolute atomic E-state index is 0.181. The highest BCUT2D eigenvalue weighted by Crippen LogP contribution is 2.37. The Labute approximate surface area is 217 Å². The molecule has 1 aliphatic heterocycles. The van der Waals surface area contributed by atoms with E-state index in [9.17, 15) is 14.4 Å². The first-order valence-corrected chi connectivity index (χ1v) is 13.0. The van der Waals surface area contributed by atoms with Gasteiger partial charge in [-0.1, -0.05) is 48.5 Å². The van der Waals surface area contributed by atoms with Gasteiger partial charge in [0.25, 0.3) is 5.91 Å². The van der Waals surface area contributed by atoms with Gasteiger partial charge in [0.15, 0.2) is 0 Å². The summed E-state index contributed by atoms with van der Waals surface area (Å²) < 4.78 is 23.5. The molecule has 2 amide bonds. The lowest BCUT2D eigenvalue weighted by atomic mass is 10.2. The van der Waals surface area contributed by atoms with E-state index in [-0.39, 0.29) is 25.5 Å². The fourth-order valence-electron chi connectivity index (χ4n) is 3.38. The zero-order valence-corrected chi connectivity index (χ0v) is 21.7. The van der Waals surface area contributed by atoms with Crippen LogP contribution in [0, 0.1) is 0 Å². The maximum absolute atomic E-state index is 12.6. The average Bonchev–Trinajstić information content (AvgIpc) is 3.39. The number of carbonyl (C=O) groups is 3. The Morgan fingerprint density at radius 3 is 2.54 bits per heavy atom. The summed E-state index contributed by atoms with van der Waals surface area (Å²) in [7, 11) is 0.102. The predicted molar refractivity (Wildman–Crippen MR) is 138 cm³/mol. The topological polar surface area (TPSA) is 115 Å². The number of benzene rings is 2. The molecule has 0 saturated carbocycles. The molecule has 37 heavy (non-hydrogen) atoms. The summed E-state index contributed by atoms with van der Waals surface area (Å²) in [5.41, 5.74) is 0.902. The third-order valence-electron chi connectivity index (χ3n) is 5.39. The van der Waals surface area contributed by atoms with Crippen molar-refractivity contribution >= 4 is 26.8 Å². The van der Waals surface area contributed by atoms with Crippen molar-refractivity contribution in [2.45, 2.75) is 44.7 Å². The van der Waals surface area contributed by atoms with Gasteiger partial charge in [-0.05, 0) is 37.5 Å². The molecule has 2 aromatic rings. The first-order valence-electron chi connectivity index (χ1n) is 11.9. The van der Waals surface area contributed by atoms with Crippen molar-refractivity contribution in [2.24, 2.45) is 0 Å². The van der Waals surface area contributed by atoms with E-state index < -0.39 is 26.4 Å². The molecule has 1 fully saturated rings. The van der Waals surface area contributed by atoms with Crippen LogP contribution in [0.2, 0.25) is 0 Å². The van der Waals surface area contributed by atoms with E-state index in [4.69, 9.17) is 18.5 Å².